The van der Waals surface area contributed by atoms with Crippen LogP contribution in [0.15, 0.2) is 45.7 Å². The summed E-state index contributed by atoms with van der Waals surface area (Å²) in [5.74, 6) is -0.584. The molecule has 1 aromatic carbocycles. The minimum absolute atomic E-state index is 0.0806. The first-order valence-electron chi connectivity index (χ1n) is 5.06. The largest absolute Gasteiger partial charge is 0.464 e. The molecule has 2 rings (SSSR count). The SMILES string of the molecule is COC(=O)c1ccc(=O)n(-c2cccc(Br)c2)n1. The second-order valence-corrected chi connectivity index (χ2v) is 4.36. The van der Waals surface area contributed by atoms with E-state index in [2.05, 4.69) is 25.8 Å². The van der Waals surface area contributed by atoms with Gasteiger partial charge >= 0.3 is 5.97 Å². The number of hydrogen-bond acceptors (Lipinski definition) is 4. The molecule has 18 heavy (non-hydrogen) atoms. The van der Waals surface area contributed by atoms with Gasteiger partial charge in [0.05, 0.1) is 12.8 Å². The maximum atomic E-state index is 11.7. The fourth-order valence-corrected chi connectivity index (χ4v) is 1.80. The van der Waals surface area contributed by atoms with Gasteiger partial charge in [-0.3, -0.25) is 4.79 Å². The van der Waals surface area contributed by atoms with Crippen LogP contribution < -0.4 is 5.56 Å². The van der Waals surface area contributed by atoms with Crippen LogP contribution in [0.3, 0.4) is 0 Å². The summed E-state index contributed by atoms with van der Waals surface area (Å²) in [5, 5.41) is 3.96. The van der Waals surface area contributed by atoms with Gasteiger partial charge in [0.2, 0.25) is 0 Å². The van der Waals surface area contributed by atoms with Crippen LogP contribution in [0.4, 0.5) is 0 Å². The molecule has 0 aliphatic carbocycles. The average Bonchev–Trinajstić information content (AvgIpc) is 2.38. The summed E-state index contributed by atoms with van der Waals surface area (Å²) in [4.78, 5) is 23.1. The third-order valence-electron chi connectivity index (χ3n) is 2.25. The molecule has 0 spiro atoms. The van der Waals surface area contributed by atoms with Crippen molar-refractivity contribution in [3.05, 3.63) is 56.9 Å². The molecule has 0 saturated carbocycles. The smallest absolute Gasteiger partial charge is 0.358 e. The van der Waals surface area contributed by atoms with E-state index in [0.29, 0.717) is 5.69 Å². The molecule has 2 aromatic rings. The molecule has 0 atom stereocenters. The van der Waals surface area contributed by atoms with E-state index in [-0.39, 0.29) is 11.3 Å². The summed E-state index contributed by atoms with van der Waals surface area (Å²) in [7, 11) is 1.26. The van der Waals surface area contributed by atoms with Crippen molar-refractivity contribution < 1.29 is 9.53 Å². The lowest BCUT2D eigenvalue weighted by Gasteiger charge is -2.06. The van der Waals surface area contributed by atoms with Gasteiger partial charge in [0.25, 0.3) is 5.56 Å². The van der Waals surface area contributed by atoms with Crippen molar-refractivity contribution in [2.24, 2.45) is 0 Å². The van der Waals surface area contributed by atoms with Crippen molar-refractivity contribution in [3.63, 3.8) is 0 Å². The molecule has 0 bridgehead atoms. The van der Waals surface area contributed by atoms with Gasteiger partial charge in [-0.15, -0.1) is 0 Å². The standard InChI is InChI=1S/C12H9BrN2O3/c1-18-12(17)10-5-6-11(16)15(14-10)9-4-2-3-8(13)7-9/h2-7H,1H3. The second kappa shape index (κ2) is 5.14. The van der Waals surface area contributed by atoms with Crippen molar-refractivity contribution in [2.45, 2.75) is 0 Å². The lowest BCUT2D eigenvalue weighted by atomic mass is 10.3. The summed E-state index contributed by atoms with van der Waals surface area (Å²) < 4.78 is 6.53. The van der Waals surface area contributed by atoms with Crippen molar-refractivity contribution in [3.8, 4) is 5.69 Å². The van der Waals surface area contributed by atoms with Gasteiger partial charge in [-0.2, -0.15) is 9.78 Å². The zero-order valence-corrected chi connectivity index (χ0v) is 11.0. The van der Waals surface area contributed by atoms with Gasteiger partial charge in [0.15, 0.2) is 5.69 Å². The zero-order valence-electron chi connectivity index (χ0n) is 9.46. The highest BCUT2D eigenvalue weighted by Crippen LogP contribution is 2.13. The summed E-state index contributed by atoms with van der Waals surface area (Å²) in [5.41, 5.74) is 0.331. The zero-order chi connectivity index (χ0) is 13.1. The Morgan fingerprint density at radius 3 is 2.78 bits per heavy atom. The normalized spacial score (nSPS) is 10.1. The summed E-state index contributed by atoms with van der Waals surface area (Å²) >= 11 is 3.31. The fraction of sp³-hybridized carbons (Fsp3) is 0.0833. The number of rotatable bonds is 2. The molecule has 0 saturated heterocycles. The van der Waals surface area contributed by atoms with Gasteiger partial charge in [-0.25, -0.2) is 4.79 Å². The number of halogens is 1. The molecular weight excluding hydrogens is 300 g/mol. The van der Waals surface area contributed by atoms with Gasteiger partial charge in [-0.1, -0.05) is 22.0 Å². The first kappa shape index (κ1) is 12.5. The number of aromatic nitrogens is 2. The highest BCUT2D eigenvalue weighted by atomic mass is 79.9. The Kier molecular flexibility index (Phi) is 3.57. The molecule has 0 amide bonds. The van der Waals surface area contributed by atoms with E-state index in [9.17, 15) is 9.59 Å². The monoisotopic (exact) mass is 308 g/mol. The Balaban J connectivity index is 2.57. The van der Waals surface area contributed by atoms with Crippen LogP contribution in [-0.4, -0.2) is 22.9 Å². The minimum atomic E-state index is -0.584. The van der Waals surface area contributed by atoms with E-state index >= 15 is 0 Å². The van der Waals surface area contributed by atoms with Crippen molar-refractivity contribution in [1.82, 2.24) is 9.78 Å². The number of carbonyl (C=O) groups excluding carboxylic acids is 1. The molecule has 0 aliphatic rings. The molecule has 1 heterocycles. The van der Waals surface area contributed by atoms with Crippen LogP contribution >= 0.6 is 15.9 Å². The molecule has 0 unspecified atom stereocenters. The Hall–Kier alpha value is -1.95. The number of esters is 1. The first-order chi connectivity index (χ1) is 8.61. The molecular formula is C12H9BrN2O3. The maximum Gasteiger partial charge on any atom is 0.358 e. The highest BCUT2D eigenvalue weighted by Gasteiger charge is 2.10. The van der Waals surface area contributed by atoms with Crippen LogP contribution in [0, 0.1) is 0 Å². The summed E-state index contributed by atoms with van der Waals surface area (Å²) in [6, 6.07) is 9.68. The lowest BCUT2D eigenvalue weighted by molar-refractivity contribution is 0.0591. The van der Waals surface area contributed by atoms with E-state index < -0.39 is 5.97 Å². The number of nitrogens with zero attached hydrogens (tertiary/aromatic N) is 2. The number of hydrogen-bond donors (Lipinski definition) is 0. The second-order valence-electron chi connectivity index (χ2n) is 3.44. The Morgan fingerprint density at radius 1 is 1.33 bits per heavy atom. The average molecular weight is 309 g/mol. The Morgan fingerprint density at radius 2 is 2.11 bits per heavy atom. The molecule has 0 fully saturated rings. The predicted octanol–water partition coefficient (Wildman–Crippen LogP) is 1.78. The van der Waals surface area contributed by atoms with Gasteiger partial charge < -0.3 is 4.74 Å². The van der Waals surface area contributed by atoms with E-state index in [1.54, 1.807) is 18.2 Å². The molecule has 92 valence electrons. The van der Waals surface area contributed by atoms with E-state index in [1.165, 1.54) is 19.2 Å². The van der Waals surface area contributed by atoms with Gasteiger partial charge in [0.1, 0.15) is 0 Å². The first-order valence-corrected chi connectivity index (χ1v) is 5.86. The lowest BCUT2D eigenvalue weighted by Crippen LogP contribution is -2.23. The third kappa shape index (κ3) is 2.48. The van der Waals surface area contributed by atoms with Crippen LogP contribution in [0.25, 0.3) is 5.69 Å². The van der Waals surface area contributed by atoms with E-state index in [0.717, 1.165) is 9.15 Å². The predicted molar refractivity (Wildman–Crippen MR) is 68.9 cm³/mol. The highest BCUT2D eigenvalue weighted by molar-refractivity contribution is 9.10. The van der Waals surface area contributed by atoms with Crippen molar-refractivity contribution in [1.29, 1.82) is 0 Å². The number of methoxy groups -OCH3 is 1. The maximum absolute atomic E-state index is 11.7. The summed E-state index contributed by atoms with van der Waals surface area (Å²) in [6.07, 6.45) is 0. The molecule has 0 N–H and O–H groups in total. The Labute approximate surface area is 111 Å². The van der Waals surface area contributed by atoms with Crippen molar-refractivity contribution in [2.75, 3.05) is 7.11 Å². The molecule has 1 aromatic heterocycles. The number of benzene rings is 1. The van der Waals surface area contributed by atoms with Crippen LogP contribution in [0.2, 0.25) is 0 Å². The Bertz CT molecular complexity index is 652. The number of ether oxygens (including phenoxy) is 1. The van der Waals surface area contributed by atoms with Crippen LogP contribution in [-0.2, 0) is 4.74 Å². The molecule has 5 nitrogen and oxygen atoms in total. The molecule has 0 aliphatic heterocycles. The van der Waals surface area contributed by atoms with E-state index in [4.69, 9.17) is 0 Å². The minimum Gasteiger partial charge on any atom is -0.464 e. The topological polar surface area (TPSA) is 61.2 Å². The number of carbonyl (C=O) groups is 1. The molecule has 0 radical (unpaired) electrons. The van der Waals surface area contributed by atoms with Crippen molar-refractivity contribution >= 4 is 21.9 Å². The third-order valence-corrected chi connectivity index (χ3v) is 2.74. The van der Waals surface area contributed by atoms with Gasteiger partial charge in [0, 0.05) is 10.5 Å². The van der Waals surface area contributed by atoms with Gasteiger partial charge in [-0.05, 0) is 24.3 Å². The molecule has 6 heteroatoms. The summed E-state index contributed by atoms with van der Waals surface area (Å²) in [6.45, 7) is 0. The quantitative estimate of drug-likeness (QED) is 0.793. The van der Waals surface area contributed by atoms with Crippen LogP contribution in [0.5, 0.6) is 0 Å². The van der Waals surface area contributed by atoms with Crippen LogP contribution in [0.1, 0.15) is 10.5 Å². The van der Waals surface area contributed by atoms with E-state index in [1.807, 2.05) is 6.07 Å². The fourth-order valence-electron chi connectivity index (χ4n) is 1.42.